The van der Waals surface area contributed by atoms with Crippen molar-refractivity contribution in [3.63, 3.8) is 0 Å². The lowest BCUT2D eigenvalue weighted by Gasteiger charge is -2.04. The van der Waals surface area contributed by atoms with Gasteiger partial charge in [-0.05, 0) is 12.5 Å². The summed E-state index contributed by atoms with van der Waals surface area (Å²) >= 11 is 11.9. The van der Waals surface area contributed by atoms with Crippen molar-refractivity contribution < 1.29 is 19.1 Å². The molecule has 1 amide bonds. The van der Waals surface area contributed by atoms with Gasteiger partial charge in [-0.15, -0.1) is 0 Å². The number of hydrogen-bond donors (Lipinski definition) is 1. The van der Waals surface area contributed by atoms with Crippen molar-refractivity contribution in [3.8, 4) is 0 Å². The number of methoxy groups -OCH3 is 1. The summed E-state index contributed by atoms with van der Waals surface area (Å²) in [6, 6.07) is 1.59. The average molecular weight is 360 g/mol. The molecule has 0 aliphatic heterocycles. The summed E-state index contributed by atoms with van der Waals surface area (Å²) in [5, 5.41) is 3.39. The van der Waals surface area contributed by atoms with Gasteiger partial charge >= 0.3 is 12.1 Å². The first kappa shape index (κ1) is 17.4. The van der Waals surface area contributed by atoms with Gasteiger partial charge in [0.2, 0.25) is 0 Å². The average Bonchev–Trinajstić information content (AvgIpc) is 2.92. The second-order valence-electron chi connectivity index (χ2n) is 4.65. The Morgan fingerprint density at radius 1 is 1.35 bits per heavy atom. The number of aromatic nitrogens is 2. The Morgan fingerprint density at radius 2 is 2.13 bits per heavy atom. The van der Waals surface area contributed by atoms with E-state index in [1.54, 1.807) is 22.9 Å². The zero-order chi connectivity index (χ0) is 16.8. The van der Waals surface area contributed by atoms with E-state index in [1.165, 1.54) is 7.11 Å². The molecule has 9 heteroatoms. The van der Waals surface area contributed by atoms with Gasteiger partial charge in [-0.3, -0.25) is 4.79 Å². The number of nitrogens with zero attached hydrogens (tertiary/aromatic N) is 2. The van der Waals surface area contributed by atoms with E-state index in [1.807, 2.05) is 0 Å². The van der Waals surface area contributed by atoms with Crippen LogP contribution >= 0.6 is 23.2 Å². The molecule has 0 aliphatic rings. The molecule has 23 heavy (non-hydrogen) atoms. The first-order valence-electron chi connectivity index (χ1n) is 6.79. The Labute approximate surface area is 142 Å². The zero-order valence-corrected chi connectivity index (χ0v) is 13.9. The fraction of sp³-hybridized carbons (Fsp3) is 0.357. The Hall–Kier alpha value is -1.99. The number of rotatable bonds is 6. The maximum absolute atomic E-state index is 11.6. The molecular weight excluding hydrogens is 345 g/mol. The largest absolute Gasteiger partial charge is 0.459 e. The maximum atomic E-state index is 11.6. The molecule has 2 heterocycles. The summed E-state index contributed by atoms with van der Waals surface area (Å²) in [4.78, 5) is 26.7. The van der Waals surface area contributed by atoms with E-state index in [0.29, 0.717) is 34.4 Å². The van der Waals surface area contributed by atoms with E-state index in [9.17, 15) is 9.59 Å². The number of alkyl carbamates (subject to hydrolysis) is 1. The van der Waals surface area contributed by atoms with Crippen molar-refractivity contribution in [3.05, 3.63) is 34.2 Å². The highest BCUT2D eigenvalue weighted by Crippen LogP contribution is 2.21. The summed E-state index contributed by atoms with van der Waals surface area (Å²) < 4.78 is 11.2. The number of pyridine rings is 1. The van der Waals surface area contributed by atoms with Gasteiger partial charge in [0.1, 0.15) is 6.61 Å². The van der Waals surface area contributed by atoms with Crippen molar-refractivity contribution in [1.29, 1.82) is 0 Å². The number of carbonyl (C=O) groups excluding carboxylic acids is 2. The molecule has 2 rings (SSSR count). The number of amides is 1. The monoisotopic (exact) mass is 359 g/mol. The van der Waals surface area contributed by atoms with Gasteiger partial charge in [-0.1, -0.05) is 23.2 Å². The van der Waals surface area contributed by atoms with Crippen LogP contribution < -0.4 is 5.32 Å². The van der Waals surface area contributed by atoms with Crippen LogP contribution in [0.25, 0.3) is 5.65 Å². The third-order valence-corrected chi connectivity index (χ3v) is 3.40. The van der Waals surface area contributed by atoms with Gasteiger partial charge in [0.25, 0.3) is 0 Å². The van der Waals surface area contributed by atoms with E-state index in [4.69, 9.17) is 27.9 Å². The van der Waals surface area contributed by atoms with Crippen LogP contribution in [0.5, 0.6) is 0 Å². The Kier molecular flexibility index (Phi) is 6.06. The zero-order valence-electron chi connectivity index (χ0n) is 12.3. The van der Waals surface area contributed by atoms with E-state index in [0.717, 1.165) is 0 Å². The van der Waals surface area contributed by atoms with Crippen molar-refractivity contribution in [2.75, 3.05) is 13.7 Å². The van der Waals surface area contributed by atoms with Gasteiger partial charge in [0.05, 0.1) is 22.8 Å². The van der Waals surface area contributed by atoms with Crippen molar-refractivity contribution in [2.45, 2.75) is 19.4 Å². The number of ether oxygens (including phenoxy) is 2. The predicted molar refractivity (Wildman–Crippen MR) is 84.6 cm³/mol. The lowest BCUT2D eigenvalue weighted by atomic mass is 10.3. The number of fused-ring (bicyclic) bond motifs is 1. The van der Waals surface area contributed by atoms with Gasteiger partial charge in [0, 0.05) is 25.4 Å². The third kappa shape index (κ3) is 5.01. The number of hydrogen-bond acceptors (Lipinski definition) is 5. The molecule has 0 saturated heterocycles. The van der Waals surface area contributed by atoms with Crippen LogP contribution in [0.2, 0.25) is 10.0 Å². The van der Waals surface area contributed by atoms with Crippen molar-refractivity contribution >= 4 is 40.9 Å². The normalized spacial score (nSPS) is 10.6. The van der Waals surface area contributed by atoms with Crippen LogP contribution in [0.1, 0.15) is 18.5 Å². The van der Waals surface area contributed by atoms with Gasteiger partial charge < -0.3 is 19.2 Å². The molecular formula is C14H15Cl2N3O4. The molecule has 0 aromatic carbocycles. The van der Waals surface area contributed by atoms with E-state index >= 15 is 0 Å². The number of halogens is 2. The molecule has 1 N–H and O–H groups in total. The summed E-state index contributed by atoms with van der Waals surface area (Å²) in [5.41, 5.74) is 1.11. The van der Waals surface area contributed by atoms with E-state index in [2.05, 4.69) is 15.0 Å². The number of esters is 1. The van der Waals surface area contributed by atoms with Crippen LogP contribution in [-0.4, -0.2) is 35.1 Å². The van der Waals surface area contributed by atoms with Crippen LogP contribution in [-0.2, 0) is 20.9 Å². The topological polar surface area (TPSA) is 81.9 Å². The fourth-order valence-electron chi connectivity index (χ4n) is 1.87. The number of carbonyl (C=O) groups is 2. The summed E-state index contributed by atoms with van der Waals surface area (Å²) in [6.45, 7) is 0.378. The molecule has 0 spiro atoms. The second-order valence-corrected chi connectivity index (χ2v) is 5.50. The Bertz CT molecular complexity index is 717. The first-order chi connectivity index (χ1) is 11.0. The first-order valence-corrected chi connectivity index (χ1v) is 7.55. The van der Waals surface area contributed by atoms with Gasteiger partial charge in [0.15, 0.2) is 5.65 Å². The smallest absolute Gasteiger partial charge is 0.406 e. The minimum absolute atomic E-state index is 0.0406. The highest BCUT2D eigenvalue weighted by atomic mass is 35.5. The number of imidazole rings is 1. The summed E-state index contributed by atoms with van der Waals surface area (Å²) in [5.74, 6) is -0.377. The van der Waals surface area contributed by atoms with Gasteiger partial charge in [-0.2, -0.15) is 0 Å². The van der Waals surface area contributed by atoms with Crippen LogP contribution in [0.3, 0.4) is 0 Å². The summed E-state index contributed by atoms with van der Waals surface area (Å²) in [6.07, 6.45) is 3.47. The molecule has 0 unspecified atom stereocenters. The third-order valence-electron chi connectivity index (χ3n) is 2.92. The molecule has 0 atom stereocenters. The van der Waals surface area contributed by atoms with E-state index < -0.39 is 6.09 Å². The van der Waals surface area contributed by atoms with Gasteiger partial charge in [-0.25, -0.2) is 9.78 Å². The lowest BCUT2D eigenvalue weighted by molar-refractivity contribution is -0.145. The number of nitrogens with one attached hydrogen (secondary N) is 1. The van der Waals surface area contributed by atoms with Crippen LogP contribution in [0.15, 0.2) is 18.5 Å². The molecule has 2 aromatic rings. The second kappa shape index (κ2) is 8.03. The molecule has 0 fully saturated rings. The SMILES string of the molecule is COC(=O)NCCCC(=O)OCc1cn2cc(Cl)cc(Cl)c2n1. The molecule has 0 aliphatic carbocycles. The molecule has 7 nitrogen and oxygen atoms in total. The Balaban J connectivity index is 1.80. The molecule has 124 valence electrons. The Morgan fingerprint density at radius 3 is 2.87 bits per heavy atom. The standard InChI is InChI=1S/C14H15Cl2N3O4/c1-22-14(21)17-4-2-3-12(20)23-8-10-7-19-6-9(15)5-11(16)13(19)18-10/h5-7H,2-4,8H2,1H3,(H,17,21). The maximum Gasteiger partial charge on any atom is 0.406 e. The minimum Gasteiger partial charge on any atom is -0.459 e. The van der Waals surface area contributed by atoms with Crippen molar-refractivity contribution in [2.24, 2.45) is 0 Å². The quantitative estimate of drug-likeness (QED) is 0.633. The molecule has 0 bridgehead atoms. The van der Waals surface area contributed by atoms with E-state index in [-0.39, 0.29) is 19.0 Å². The van der Waals surface area contributed by atoms with Crippen LogP contribution in [0.4, 0.5) is 4.79 Å². The highest BCUT2D eigenvalue weighted by molar-refractivity contribution is 6.36. The molecule has 2 aromatic heterocycles. The van der Waals surface area contributed by atoms with Crippen molar-refractivity contribution in [1.82, 2.24) is 14.7 Å². The minimum atomic E-state index is -0.529. The molecule has 0 radical (unpaired) electrons. The molecule has 0 saturated carbocycles. The fourth-order valence-corrected chi connectivity index (χ4v) is 2.39. The summed E-state index contributed by atoms with van der Waals surface area (Å²) in [7, 11) is 1.28. The predicted octanol–water partition coefficient (Wildman–Crippen LogP) is 2.82. The highest BCUT2D eigenvalue weighted by Gasteiger charge is 2.09. The van der Waals surface area contributed by atoms with Crippen LogP contribution in [0, 0.1) is 0 Å². The lowest BCUT2D eigenvalue weighted by Crippen LogP contribution is -2.24.